The maximum Gasteiger partial charge on any atom is 0.252 e. The molecule has 0 heterocycles. The van der Waals surface area contributed by atoms with Crippen LogP contribution in [0.2, 0.25) is 5.02 Å². The quantitative estimate of drug-likeness (QED) is 0.929. The van der Waals surface area contributed by atoms with E-state index in [0.29, 0.717) is 21.6 Å². The highest BCUT2D eigenvalue weighted by atomic mass is 79.9. The van der Waals surface area contributed by atoms with Crippen LogP contribution in [-0.2, 0) is 0 Å². The van der Waals surface area contributed by atoms with Crippen LogP contribution in [0.25, 0.3) is 0 Å². The van der Waals surface area contributed by atoms with Crippen LogP contribution in [0.4, 0.5) is 0 Å². The predicted molar refractivity (Wildman–Crippen MR) is 70.9 cm³/mol. The second-order valence-corrected chi connectivity index (χ2v) is 5.59. The Bertz CT molecular complexity index is 480. The minimum atomic E-state index is -0.583. The molecular formula is C12H12BrClN2O. The molecule has 0 fully saturated rings. The zero-order valence-corrected chi connectivity index (χ0v) is 11.9. The van der Waals surface area contributed by atoms with E-state index in [0.717, 1.165) is 0 Å². The zero-order valence-electron chi connectivity index (χ0n) is 9.55. The molecule has 90 valence electrons. The van der Waals surface area contributed by atoms with E-state index in [1.807, 2.05) is 0 Å². The Hall–Kier alpha value is -1.05. The van der Waals surface area contributed by atoms with Gasteiger partial charge in [0.05, 0.1) is 17.0 Å². The molecule has 1 amide bonds. The van der Waals surface area contributed by atoms with Crippen LogP contribution in [-0.4, -0.2) is 12.5 Å². The molecule has 17 heavy (non-hydrogen) atoms. The molecule has 0 saturated heterocycles. The van der Waals surface area contributed by atoms with Crippen molar-refractivity contribution >= 4 is 33.4 Å². The van der Waals surface area contributed by atoms with Crippen LogP contribution in [0.5, 0.6) is 0 Å². The number of hydrogen-bond donors (Lipinski definition) is 1. The molecule has 0 spiro atoms. The van der Waals surface area contributed by atoms with Crippen molar-refractivity contribution in [3.05, 3.63) is 33.3 Å². The first-order valence-corrected chi connectivity index (χ1v) is 6.17. The van der Waals surface area contributed by atoms with E-state index in [4.69, 9.17) is 16.9 Å². The van der Waals surface area contributed by atoms with E-state index in [2.05, 4.69) is 27.3 Å². The molecule has 1 N–H and O–H groups in total. The Balaban J connectivity index is 2.78. The number of nitrogens with zero attached hydrogens (tertiary/aromatic N) is 1. The summed E-state index contributed by atoms with van der Waals surface area (Å²) < 4.78 is 0.675. The number of nitrogens with one attached hydrogen (secondary N) is 1. The van der Waals surface area contributed by atoms with E-state index in [1.54, 1.807) is 32.0 Å². The lowest BCUT2D eigenvalue weighted by molar-refractivity contribution is 0.0943. The number of amides is 1. The van der Waals surface area contributed by atoms with Crippen molar-refractivity contribution in [2.45, 2.75) is 13.8 Å². The summed E-state index contributed by atoms with van der Waals surface area (Å²) in [5, 5.41) is 12.1. The highest BCUT2D eigenvalue weighted by Crippen LogP contribution is 2.21. The van der Waals surface area contributed by atoms with Gasteiger partial charge in [0.25, 0.3) is 5.91 Å². The summed E-state index contributed by atoms with van der Waals surface area (Å²) in [6.07, 6.45) is 0. The van der Waals surface area contributed by atoms with Crippen LogP contribution in [0.3, 0.4) is 0 Å². The number of halogens is 2. The topological polar surface area (TPSA) is 52.9 Å². The lowest BCUT2D eigenvalue weighted by Gasteiger charge is -2.16. The molecule has 5 heteroatoms. The molecule has 0 unspecified atom stereocenters. The first-order chi connectivity index (χ1) is 7.85. The summed E-state index contributed by atoms with van der Waals surface area (Å²) in [5.74, 6) is -0.247. The second-order valence-electron chi connectivity index (χ2n) is 4.30. The van der Waals surface area contributed by atoms with Gasteiger partial charge in [0.1, 0.15) is 0 Å². The Morgan fingerprint density at radius 1 is 1.59 bits per heavy atom. The third kappa shape index (κ3) is 4.03. The smallest absolute Gasteiger partial charge is 0.252 e. The van der Waals surface area contributed by atoms with Gasteiger partial charge in [0.2, 0.25) is 0 Å². The third-order valence-corrected chi connectivity index (χ3v) is 3.09. The Kier molecular flexibility index (Phi) is 4.55. The van der Waals surface area contributed by atoms with Crippen molar-refractivity contribution < 1.29 is 4.79 Å². The molecule has 0 aromatic heterocycles. The SMILES string of the molecule is CC(C)(C#N)CNC(=O)c1cc(Cl)ccc1Br. The number of rotatable bonds is 3. The van der Waals surface area contributed by atoms with E-state index >= 15 is 0 Å². The summed E-state index contributed by atoms with van der Waals surface area (Å²) >= 11 is 9.11. The molecule has 0 radical (unpaired) electrons. The van der Waals surface area contributed by atoms with Crippen molar-refractivity contribution in [1.29, 1.82) is 5.26 Å². The molecule has 1 rings (SSSR count). The molecule has 1 aromatic rings. The standard InChI is InChI=1S/C12H12BrClN2O/c1-12(2,6-15)7-16-11(17)9-5-8(14)3-4-10(9)13/h3-5H,7H2,1-2H3,(H,16,17). The maximum atomic E-state index is 11.9. The maximum absolute atomic E-state index is 11.9. The lowest BCUT2D eigenvalue weighted by atomic mass is 9.96. The summed E-state index contributed by atoms with van der Waals surface area (Å²) in [6, 6.07) is 7.12. The highest BCUT2D eigenvalue weighted by Gasteiger charge is 2.19. The van der Waals surface area contributed by atoms with Crippen LogP contribution < -0.4 is 5.32 Å². The molecule has 3 nitrogen and oxygen atoms in total. The summed E-state index contributed by atoms with van der Waals surface area (Å²) in [4.78, 5) is 11.9. The Labute approximate surface area is 114 Å². The van der Waals surface area contributed by atoms with Gasteiger partial charge in [0.15, 0.2) is 0 Å². The van der Waals surface area contributed by atoms with Gasteiger partial charge in [0, 0.05) is 16.0 Å². The monoisotopic (exact) mass is 314 g/mol. The van der Waals surface area contributed by atoms with E-state index in [1.165, 1.54) is 0 Å². The van der Waals surface area contributed by atoms with E-state index in [-0.39, 0.29) is 5.91 Å². The van der Waals surface area contributed by atoms with Gasteiger partial charge in [-0.15, -0.1) is 0 Å². The van der Waals surface area contributed by atoms with Gasteiger partial charge in [-0.05, 0) is 48.0 Å². The molecular weight excluding hydrogens is 304 g/mol. The summed E-state index contributed by atoms with van der Waals surface area (Å²) in [7, 11) is 0. The molecule has 0 aliphatic heterocycles. The van der Waals surface area contributed by atoms with Gasteiger partial charge in [-0.2, -0.15) is 5.26 Å². The molecule has 0 aliphatic rings. The average Bonchev–Trinajstić information content (AvgIpc) is 2.29. The van der Waals surface area contributed by atoms with Gasteiger partial charge < -0.3 is 5.32 Å². The predicted octanol–water partition coefficient (Wildman–Crippen LogP) is 3.38. The van der Waals surface area contributed by atoms with Crippen molar-refractivity contribution in [2.24, 2.45) is 5.41 Å². The number of benzene rings is 1. The fraction of sp³-hybridized carbons (Fsp3) is 0.333. The van der Waals surface area contributed by atoms with Crippen LogP contribution in [0, 0.1) is 16.7 Å². The van der Waals surface area contributed by atoms with E-state index in [9.17, 15) is 4.79 Å². The third-order valence-electron chi connectivity index (χ3n) is 2.17. The van der Waals surface area contributed by atoms with Gasteiger partial charge in [-0.1, -0.05) is 11.6 Å². The van der Waals surface area contributed by atoms with Gasteiger partial charge in [-0.25, -0.2) is 0 Å². The number of carbonyl (C=O) groups is 1. The number of nitriles is 1. The zero-order chi connectivity index (χ0) is 13.1. The first-order valence-electron chi connectivity index (χ1n) is 5.00. The summed E-state index contributed by atoms with van der Waals surface area (Å²) in [5.41, 5.74) is -0.119. The second kappa shape index (κ2) is 5.52. The van der Waals surface area contributed by atoms with Crippen molar-refractivity contribution in [2.75, 3.05) is 6.54 Å². The summed E-state index contributed by atoms with van der Waals surface area (Å²) in [6.45, 7) is 3.82. The normalized spacial score (nSPS) is 10.8. The Morgan fingerprint density at radius 2 is 2.24 bits per heavy atom. The highest BCUT2D eigenvalue weighted by molar-refractivity contribution is 9.10. The van der Waals surface area contributed by atoms with E-state index < -0.39 is 5.41 Å². The fourth-order valence-corrected chi connectivity index (χ4v) is 1.71. The number of hydrogen-bond acceptors (Lipinski definition) is 2. The van der Waals surface area contributed by atoms with Crippen molar-refractivity contribution in [1.82, 2.24) is 5.32 Å². The fourth-order valence-electron chi connectivity index (χ4n) is 1.11. The molecule has 1 aromatic carbocycles. The molecule has 0 atom stereocenters. The van der Waals surface area contributed by atoms with Crippen molar-refractivity contribution in [3.8, 4) is 6.07 Å². The minimum Gasteiger partial charge on any atom is -0.350 e. The number of carbonyl (C=O) groups excluding carboxylic acids is 1. The minimum absolute atomic E-state index is 0.247. The molecule has 0 aliphatic carbocycles. The Morgan fingerprint density at radius 3 is 2.82 bits per heavy atom. The largest absolute Gasteiger partial charge is 0.350 e. The van der Waals surface area contributed by atoms with Crippen LogP contribution >= 0.6 is 27.5 Å². The lowest BCUT2D eigenvalue weighted by Crippen LogP contribution is -2.33. The average molecular weight is 316 g/mol. The van der Waals surface area contributed by atoms with Crippen LogP contribution in [0.1, 0.15) is 24.2 Å². The van der Waals surface area contributed by atoms with Crippen molar-refractivity contribution in [3.63, 3.8) is 0 Å². The van der Waals surface area contributed by atoms with Gasteiger partial charge in [-0.3, -0.25) is 4.79 Å². The molecule has 0 saturated carbocycles. The first kappa shape index (κ1) is 14.0. The molecule has 0 bridgehead atoms. The van der Waals surface area contributed by atoms with Crippen LogP contribution in [0.15, 0.2) is 22.7 Å². The van der Waals surface area contributed by atoms with Gasteiger partial charge >= 0.3 is 0 Å².